The van der Waals surface area contributed by atoms with E-state index in [1.165, 1.54) is 16.7 Å². The Kier molecular flexibility index (Phi) is 4.20. The molecule has 0 bridgehead atoms. The lowest BCUT2D eigenvalue weighted by Crippen LogP contribution is -2.31. The van der Waals surface area contributed by atoms with Crippen LogP contribution >= 0.6 is 35.0 Å². The van der Waals surface area contributed by atoms with E-state index in [2.05, 4.69) is 0 Å². The number of carbonyl (C=O) groups excluding carboxylic acids is 2. The molecule has 3 nitrogen and oxygen atoms in total. The van der Waals surface area contributed by atoms with Crippen LogP contribution in [0.1, 0.15) is 13.3 Å². The van der Waals surface area contributed by atoms with Crippen LogP contribution in [-0.2, 0) is 9.59 Å². The second kappa shape index (κ2) is 5.51. The minimum absolute atomic E-state index is 0.176. The van der Waals surface area contributed by atoms with Crippen LogP contribution in [-0.4, -0.2) is 22.8 Å². The first kappa shape index (κ1) is 13.7. The molecule has 2 amide bonds. The van der Waals surface area contributed by atoms with Gasteiger partial charge < -0.3 is 0 Å². The molecule has 0 aromatic heterocycles. The van der Waals surface area contributed by atoms with E-state index in [4.69, 9.17) is 23.2 Å². The molecule has 1 aliphatic rings. The highest BCUT2D eigenvalue weighted by molar-refractivity contribution is 8.00. The van der Waals surface area contributed by atoms with E-state index in [1.807, 2.05) is 6.92 Å². The van der Waals surface area contributed by atoms with Crippen molar-refractivity contribution < 1.29 is 9.59 Å². The molecule has 0 N–H and O–H groups in total. The van der Waals surface area contributed by atoms with Gasteiger partial charge in [-0.15, -0.1) is 11.8 Å². The predicted octanol–water partition coefficient (Wildman–Crippen LogP) is 3.38. The van der Waals surface area contributed by atoms with Gasteiger partial charge in [-0.1, -0.05) is 30.1 Å². The minimum atomic E-state index is -0.281. The molecular weight excluding hydrogens is 293 g/mol. The van der Waals surface area contributed by atoms with Crippen LogP contribution in [0.25, 0.3) is 0 Å². The van der Waals surface area contributed by atoms with Gasteiger partial charge in [0.2, 0.25) is 11.8 Å². The maximum absolute atomic E-state index is 12.1. The number of hydrogen-bond donors (Lipinski definition) is 0. The quantitative estimate of drug-likeness (QED) is 0.803. The van der Waals surface area contributed by atoms with Crippen molar-refractivity contribution in [2.45, 2.75) is 18.6 Å². The molecule has 0 aliphatic carbocycles. The van der Waals surface area contributed by atoms with Gasteiger partial charge in [-0.25, -0.2) is 4.90 Å². The Morgan fingerprint density at radius 1 is 1.33 bits per heavy atom. The normalized spacial score (nSPS) is 19.7. The van der Waals surface area contributed by atoms with Crippen molar-refractivity contribution in [3.05, 3.63) is 28.2 Å². The molecule has 1 heterocycles. The van der Waals surface area contributed by atoms with Gasteiger partial charge in [0.05, 0.1) is 21.0 Å². The largest absolute Gasteiger partial charge is 0.274 e. The molecule has 1 saturated heterocycles. The average Bonchev–Trinajstić information content (AvgIpc) is 2.59. The van der Waals surface area contributed by atoms with Crippen molar-refractivity contribution in [1.82, 2.24) is 0 Å². The van der Waals surface area contributed by atoms with Gasteiger partial charge >= 0.3 is 0 Å². The molecule has 0 saturated carbocycles. The first-order valence-corrected chi connectivity index (χ1v) is 7.28. The summed E-state index contributed by atoms with van der Waals surface area (Å²) in [6.07, 6.45) is 0.248. The lowest BCUT2D eigenvalue weighted by atomic mass is 10.3. The van der Waals surface area contributed by atoms with Gasteiger partial charge in [0.25, 0.3) is 0 Å². The monoisotopic (exact) mass is 303 g/mol. The number of halogens is 2. The molecule has 0 radical (unpaired) electrons. The average molecular weight is 304 g/mol. The molecule has 2 rings (SSSR count). The van der Waals surface area contributed by atoms with Crippen LogP contribution in [0, 0.1) is 0 Å². The molecule has 96 valence electrons. The number of carbonyl (C=O) groups is 2. The van der Waals surface area contributed by atoms with Gasteiger partial charge in [0, 0.05) is 6.42 Å². The van der Waals surface area contributed by atoms with Gasteiger partial charge in [-0.2, -0.15) is 0 Å². The number of nitrogens with zero attached hydrogens (tertiary/aromatic N) is 1. The zero-order valence-electron chi connectivity index (χ0n) is 9.65. The lowest BCUT2D eigenvalue weighted by Gasteiger charge is -2.15. The van der Waals surface area contributed by atoms with Crippen molar-refractivity contribution in [2.75, 3.05) is 10.7 Å². The smallest absolute Gasteiger partial charge is 0.247 e. The molecular formula is C12H11Cl2NO2S. The third-order valence-electron chi connectivity index (χ3n) is 2.63. The third-order valence-corrected chi connectivity index (χ3v) is 4.48. The van der Waals surface area contributed by atoms with Crippen molar-refractivity contribution in [1.29, 1.82) is 0 Å². The maximum Gasteiger partial charge on any atom is 0.247 e. The van der Waals surface area contributed by atoms with Gasteiger partial charge in [-0.05, 0) is 24.0 Å². The van der Waals surface area contributed by atoms with Crippen LogP contribution in [0.2, 0.25) is 10.0 Å². The second-order valence-electron chi connectivity index (χ2n) is 3.81. The van der Waals surface area contributed by atoms with E-state index < -0.39 is 0 Å². The second-order valence-corrected chi connectivity index (χ2v) is 6.11. The van der Waals surface area contributed by atoms with Gasteiger partial charge in [0.15, 0.2) is 0 Å². The van der Waals surface area contributed by atoms with Crippen LogP contribution < -0.4 is 4.90 Å². The molecule has 6 heteroatoms. The number of amides is 2. The summed E-state index contributed by atoms with van der Waals surface area (Å²) in [5, 5.41) is 0.456. The Morgan fingerprint density at radius 3 is 2.67 bits per heavy atom. The number of hydrogen-bond acceptors (Lipinski definition) is 3. The van der Waals surface area contributed by atoms with Crippen molar-refractivity contribution in [3.8, 4) is 0 Å². The number of imide groups is 1. The highest BCUT2D eigenvalue weighted by Gasteiger charge is 2.39. The molecule has 1 fully saturated rings. The fourth-order valence-corrected chi connectivity index (χ4v) is 3.03. The fraction of sp³-hybridized carbons (Fsp3) is 0.333. The number of benzene rings is 1. The van der Waals surface area contributed by atoms with Crippen molar-refractivity contribution in [2.24, 2.45) is 0 Å². The SMILES string of the molecule is CCSC1CC(=O)N(c2ccc(Cl)c(Cl)c2)C1=O. The lowest BCUT2D eigenvalue weighted by molar-refractivity contribution is -0.121. The summed E-state index contributed by atoms with van der Waals surface area (Å²) in [7, 11) is 0. The predicted molar refractivity (Wildman–Crippen MR) is 75.5 cm³/mol. The highest BCUT2D eigenvalue weighted by Crippen LogP contribution is 2.33. The molecule has 1 aromatic rings. The summed E-state index contributed by atoms with van der Waals surface area (Å²) >= 11 is 13.2. The van der Waals surface area contributed by atoms with Crippen molar-refractivity contribution in [3.63, 3.8) is 0 Å². The van der Waals surface area contributed by atoms with Crippen LogP contribution in [0.15, 0.2) is 18.2 Å². The summed E-state index contributed by atoms with van der Waals surface area (Å²) in [6, 6.07) is 4.75. The Labute approximate surface area is 119 Å². The summed E-state index contributed by atoms with van der Waals surface area (Å²) < 4.78 is 0. The zero-order chi connectivity index (χ0) is 13.3. The van der Waals surface area contributed by atoms with Crippen molar-refractivity contribution >= 4 is 52.5 Å². The minimum Gasteiger partial charge on any atom is -0.274 e. The Hall–Kier alpha value is -0.710. The molecule has 1 atom stereocenters. The summed E-state index contributed by atoms with van der Waals surface area (Å²) in [5.41, 5.74) is 0.485. The van der Waals surface area contributed by atoms with Gasteiger partial charge in [-0.3, -0.25) is 9.59 Å². The van der Waals surface area contributed by atoms with E-state index in [0.717, 1.165) is 5.75 Å². The third kappa shape index (κ3) is 2.51. The molecule has 18 heavy (non-hydrogen) atoms. The number of thioether (sulfide) groups is 1. The van der Waals surface area contributed by atoms with E-state index >= 15 is 0 Å². The zero-order valence-corrected chi connectivity index (χ0v) is 12.0. The topological polar surface area (TPSA) is 37.4 Å². The van der Waals surface area contributed by atoms with E-state index in [9.17, 15) is 9.59 Å². The standard InChI is InChI=1S/C12H11Cl2NO2S/c1-2-18-10-6-11(16)15(12(10)17)7-3-4-8(13)9(14)5-7/h3-5,10H,2,6H2,1H3. The fourth-order valence-electron chi connectivity index (χ4n) is 1.83. The van der Waals surface area contributed by atoms with E-state index in [1.54, 1.807) is 18.2 Å². The summed E-state index contributed by atoms with van der Waals surface area (Å²) in [5.74, 6) is 0.438. The Bertz CT molecular complexity index is 507. The van der Waals surface area contributed by atoms with E-state index in [-0.39, 0.29) is 23.5 Å². The van der Waals surface area contributed by atoms with Gasteiger partial charge in [0.1, 0.15) is 0 Å². The van der Waals surface area contributed by atoms with Crippen LogP contribution in [0.4, 0.5) is 5.69 Å². The Morgan fingerprint density at radius 2 is 2.06 bits per heavy atom. The van der Waals surface area contributed by atoms with Crippen LogP contribution in [0.5, 0.6) is 0 Å². The molecule has 1 aromatic carbocycles. The molecule has 1 aliphatic heterocycles. The highest BCUT2D eigenvalue weighted by atomic mass is 35.5. The van der Waals surface area contributed by atoms with Crippen LogP contribution in [0.3, 0.4) is 0 Å². The first-order chi connectivity index (χ1) is 8.54. The summed E-state index contributed by atoms with van der Waals surface area (Å²) in [4.78, 5) is 25.2. The number of rotatable bonds is 3. The summed E-state index contributed by atoms with van der Waals surface area (Å²) in [6.45, 7) is 1.96. The Balaban J connectivity index is 2.30. The first-order valence-electron chi connectivity index (χ1n) is 5.48. The maximum atomic E-state index is 12.1. The van der Waals surface area contributed by atoms with E-state index in [0.29, 0.717) is 15.7 Å². The number of anilines is 1. The molecule has 1 unspecified atom stereocenters. The molecule has 0 spiro atoms.